The lowest BCUT2D eigenvalue weighted by molar-refractivity contribution is -0.116. The van der Waals surface area contributed by atoms with E-state index in [1.807, 2.05) is 25.1 Å². The molecular formula is C28H39NO3. The molecule has 1 amide bonds. The largest absolute Gasteiger partial charge is 0.462 e. The van der Waals surface area contributed by atoms with Crippen LogP contribution in [0.3, 0.4) is 0 Å². The number of rotatable bonds is 13. The summed E-state index contributed by atoms with van der Waals surface area (Å²) in [4.78, 5) is 25.2. The molecule has 174 valence electrons. The molecule has 0 bridgehead atoms. The zero-order chi connectivity index (χ0) is 23.3. The fourth-order valence-electron chi connectivity index (χ4n) is 4.25. The Morgan fingerprint density at radius 2 is 1.72 bits per heavy atom. The molecule has 0 radical (unpaired) electrons. The van der Waals surface area contributed by atoms with E-state index in [1.54, 1.807) is 13.0 Å². The highest BCUT2D eigenvalue weighted by atomic mass is 16.5. The van der Waals surface area contributed by atoms with E-state index in [4.69, 9.17) is 4.74 Å². The van der Waals surface area contributed by atoms with Crippen LogP contribution in [0.5, 0.6) is 0 Å². The third-order valence-corrected chi connectivity index (χ3v) is 6.16. The summed E-state index contributed by atoms with van der Waals surface area (Å²) < 4.78 is 5.16. The maximum atomic E-state index is 12.8. The predicted octanol–water partition coefficient (Wildman–Crippen LogP) is 6.97. The Morgan fingerprint density at radius 3 is 2.41 bits per heavy atom. The number of anilines is 1. The van der Waals surface area contributed by atoms with Crippen molar-refractivity contribution >= 4 is 17.6 Å². The second-order valence-electron chi connectivity index (χ2n) is 8.73. The average Bonchev–Trinajstić information content (AvgIpc) is 2.78. The van der Waals surface area contributed by atoms with Crippen molar-refractivity contribution in [1.82, 2.24) is 0 Å². The summed E-state index contributed by atoms with van der Waals surface area (Å²) >= 11 is 0. The maximum absolute atomic E-state index is 12.8. The van der Waals surface area contributed by atoms with E-state index in [9.17, 15) is 9.59 Å². The fraction of sp³-hybridized carbons (Fsp3) is 0.500. The van der Waals surface area contributed by atoms with Crippen LogP contribution in [-0.4, -0.2) is 18.5 Å². The smallest absolute Gasteiger partial charge is 0.340 e. The van der Waals surface area contributed by atoms with E-state index in [-0.39, 0.29) is 5.91 Å². The van der Waals surface area contributed by atoms with Gasteiger partial charge in [-0.15, -0.1) is 0 Å². The normalized spacial score (nSPS) is 12.8. The zero-order valence-corrected chi connectivity index (χ0v) is 20.2. The minimum absolute atomic E-state index is 0.0442. The Kier molecular flexibility index (Phi) is 11.0. The van der Waals surface area contributed by atoms with Gasteiger partial charge in [0.2, 0.25) is 5.91 Å². The van der Waals surface area contributed by atoms with Crippen molar-refractivity contribution in [1.29, 1.82) is 0 Å². The molecule has 0 aliphatic rings. The van der Waals surface area contributed by atoms with Crippen LogP contribution in [0.2, 0.25) is 0 Å². The summed E-state index contributed by atoms with van der Waals surface area (Å²) in [6.07, 6.45) is 7.11. The molecule has 4 heteroatoms. The number of hydrogen-bond acceptors (Lipinski definition) is 3. The van der Waals surface area contributed by atoms with Gasteiger partial charge in [-0.25, -0.2) is 4.79 Å². The quantitative estimate of drug-likeness (QED) is 0.272. The molecule has 0 aromatic heterocycles. The Morgan fingerprint density at radius 1 is 0.969 bits per heavy atom. The topological polar surface area (TPSA) is 55.4 Å². The molecule has 2 aromatic carbocycles. The highest BCUT2D eigenvalue weighted by Gasteiger charge is 2.21. The van der Waals surface area contributed by atoms with Gasteiger partial charge in [-0.1, -0.05) is 82.0 Å². The third-order valence-electron chi connectivity index (χ3n) is 6.16. The minimum Gasteiger partial charge on any atom is -0.462 e. The van der Waals surface area contributed by atoms with Gasteiger partial charge in [-0.3, -0.25) is 4.79 Å². The maximum Gasteiger partial charge on any atom is 0.340 e. The van der Waals surface area contributed by atoms with Gasteiger partial charge in [0, 0.05) is 6.42 Å². The number of carbonyl (C=O) groups excluding carboxylic acids is 2. The molecule has 0 saturated carbocycles. The number of aryl methyl sites for hydroxylation is 1. The van der Waals surface area contributed by atoms with E-state index in [1.165, 1.54) is 24.8 Å². The van der Waals surface area contributed by atoms with Crippen LogP contribution in [0.4, 0.5) is 5.69 Å². The molecule has 1 N–H and O–H groups in total. The van der Waals surface area contributed by atoms with Crippen molar-refractivity contribution < 1.29 is 14.3 Å². The molecule has 2 rings (SSSR count). The molecular weight excluding hydrogens is 398 g/mol. The Hall–Kier alpha value is -2.62. The number of unbranched alkanes of at least 4 members (excludes halogenated alkanes) is 2. The SMILES string of the molecule is CCCCCC(CCC(=O)Nc1c(C)cccc1C(=O)OCC)C(C)Cc1ccccc1. The average molecular weight is 438 g/mol. The van der Waals surface area contributed by atoms with Crippen LogP contribution in [0, 0.1) is 18.8 Å². The summed E-state index contributed by atoms with van der Waals surface area (Å²) in [5.41, 5.74) is 3.19. The molecule has 0 spiro atoms. The van der Waals surface area contributed by atoms with E-state index in [0.29, 0.717) is 36.1 Å². The Labute approximate surface area is 193 Å². The van der Waals surface area contributed by atoms with E-state index >= 15 is 0 Å². The van der Waals surface area contributed by atoms with Crippen LogP contribution in [0.15, 0.2) is 48.5 Å². The lowest BCUT2D eigenvalue weighted by Crippen LogP contribution is -2.20. The lowest BCUT2D eigenvalue weighted by atomic mass is 9.82. The van der Waals surface area contributed by atoms with Gasteiger partial charge in [0.25, 0.3) is 0 Å². The van der Waals surface area contributed by atoms with Crippen LogP contribution in [-0.2, 0) is 16.0 Å². The summed E-state index contributed by atoms with van der Waals surface area (Å²) in [6, 6.07) is 16.0. The molecule has 0 aliphatic carbocycles. The Balaban J connectivity index is 2.02. The molecule has 2 atom stereocenters. The Bertz CT molecular complexity index is 847. The minimum atomic E-state index is -0.402. The number of ether oxygens (including phenoxy) is 1. The van der Waals surface area contributed by atoms with Crippen LogP contribution < -0.4 is 5.32 Å². The zero-order valence-electron chi connectivity index (χ0n) is 20.2. The van der Waals surface area contributed by atoms with Gasteiger partial charge in [0.05, 0.1) is 17.9 Å². The molecule has 0 aliphatic heterocycles. The third kappa shape index (κ3) is 8.14. The van der Waals surface area contributed by atoms with Crippen LogP contribution >= 0.6 is 0 Å². The number of nitrogens with one attached hydrogen (secondary N) is 1. The standard InChI is InChI=1S/C28H39NO3/c1-5-7-9-16-24(22(4)20-23-14-10-8-11-15-23)18-19-26(30)29-27-21(3)13-12-17-25(27)28(31)32-6-2/h8,10-15,17,22,24H,5-7,9,16,18-20H2,1-4H3,(H,29,30). The van der Waals surface area contributed by atoms with Gasteiger partial charge in [-0.05, 0) is 55.7 Å². The molecule has 32 heavy (non-hydrogen) atoms. The molecule has 0 heterocycles. The van der Waals surface area contributed by atoms with E-state index in [0.717, 1.165) is 24.8 Å². The van der Waals surface area contributed by atoms with Crippen LogP contribution in [0.1, 0.15) is 80.8 Å². The number of carbonyl (C=O) groups is 2. The van der Waals surface area contributed by atoms with Gasteiger partial charge in [0.15, 0.2) is 0 Å². The predicted molar refractivity (Wildman–Crippen MR) is 132 cm³/mol. The van der Waals surface area contributed by atoms with Crippen LogP contribution in [0.25, 0.3) is 0 Å². The first-order valence-electron chi connectivity index (χ1n) is 12.1. The second-order valence-corrected chi connectivity index (χ2v) is 8.73. The monoisotopic (exact) mass is 437 g/mol. The first-order chi connectivity index (χ1) is 15.5. The summed E-state index contributed by atoms with van der Waals surface area (Å²) in [6.45, 7) is 8.51. The number of esters is 1. The van der Waals surface area contributed by atoms with Gasteiger partial charge >= 0.3 is 5.97 Å². The summed E-state index contributed by atoms with van der Waals surface area (Å²) in [7, 11) is 0. The lowest BCUT2D eigenvalue weighted by Gasteiger charge is -2.24. The van der Waals surface area contributed by atoms with Gasteiger partial charge < -0.3 is 10.1 Å². The van der Waals surface area contributed by atoms with Gasteiger partial charge in [-0.2, -0.15) is 0 Å². The number of hydrogen-bond donors (Lipinski definition) is 1. The first-order valence-corrected chi connectivity index (χ1v) is 12.1. The first kappa shape index (κ1) is 25.6. The highest BCUT2D eigenvalue weighted by molar-refractivity contribution is 6.02. The van der Waals surface area contributed by atoms with Crippen molar-refractivity contribution in [3.63, 3.8) is 0 Å². The summed E-state index contributed by atoms with van der Waals surface area (Å²) in [5, 5.41) is 2.99. The molecule has 2 aromatic rings. The van der Waals surface area contributed by atoms with Crippen molar-refractivity contribution in [2.24, 2.45) is 11.8 Å². The molecule has 4 nitrogen and oxygen atoms in total. The number of amides is 1. The molecule has 0 fully saturated rings. The molecule has 2 unspecified atom stereocenters. The highest BCUT2D eigenvalue weighted by Crippen LogP contribution is 2.28. The van der Waals surface area contributed by atoms with Crippen molar-refractivity contribution in [3.8, 4) is 0 Å². The molecule has 0 saturated heterocycles. The second kappa shape index (κ2) is 13.7. The van der Waals surface area contributed by atoms with E-state index < -0.39 is 5.97 Å². The van der Waals surface area contributed by atoms with Gasteiger partial charge in [0.1, 0.15) is 0 Å². The van der Waals surface area contributed by atoms with Crippen molar-refractivity contribution in [2.45, 2.75) is 72.6 Å². The van der Waals surface area contributed by atoms with Crippen molar-refractivity contribution in [3.05, 3.63) is 65.2 Å². The fourth-order valence-corrected chi connectivity index (χ4v) is 4.25. The summed E-state index contributed by atoms with van der Waals surface area (Å²) in [5.74, 6) is 0.558. The number of benzene rings is 2. The van der Waals surface area contributed by atoms with E-state index in [2.05, 4.69) is 43.4 Å². The van der Waals surface area contributed by atoms with Crippen molar-refractivity contribution in [2.75, 3.05) is 11.9 Å². The number of para-hydroxylation sites is 1.